The number of nitrogens with zero attached hydrogens (tertiary/aromatic N) is 3. The average Bonchev–Trinajstić information content (AvgIpc) is 3.75. The van der Waals surface area contributed by atoms with Gasteiger partial charge in [-0.2, -0.15) is 0 Å². The first kappa shape index (κ1) is 30.5. The summed E-state index contributed by atoms with van der Waals surface area (Å²) in [5.41, 5.74) is 11.5. The van der Waals surface area contributed by atoms with Crippen molar-refractivity contribution in [3.63, 3.8) is 0 Å². The number of anilines is 3. The highest BCUT2D eigenvalue weighted by atomic mass is 32.2. The summed E-state index contributed by atoms with van der Waals surface area (Å²) < 4.78 is 2.47. The molecular weight excluding hydrogens is 695 g/mol. The van der Waals surface area contributed by atoms with Gasteiger partial charge in [-0.3, -0.25) is 4.90 Å². The van der Waals surface area contributed by atoms with E-state index in [1.165, 1.54) is 63.7 Å². The molecule has 2 unspecified atom stereocenters. The Morgan fingerprint density at radius 3 is 2.31 bits per heavy atom. The fraction of sp³-hybridized carbons (Fsp3) is 0.0612. The number of rotatable bonds is 3. The zero-order valence-electron chi connectivity index (χ0n) is 29.3. The molecule has 0 fully saturated rings. The molecular formula is C49H31N3S2. The fourth-order valence-electron chi connectivity index (χ4n) is 9.11. The summed E-state index contributed by atoms with van der Waals surface area (Å²) >= 11 is 3.82. The molecule has 2 aliphatic heterocycles. The van der Waals surface area contributed by atoms with Crippen molar-refractivity contribution in [2.45, 2.75) is 22.5 Å². The van der Waals surface area contributed by atoms with E-state index in [9.17, 15) is 0 Å². The first-order valence-corrected chi connectivity index (χ1v) is 20.1. The summed E-state index contributed by atoms with van der Waals surface area (Å²) in [5, 5.41) is 6.15. The van der Waals surface area contributed by atoms with Gasteiger partial charge < -0.3 is 0 Å². The van der Waals surface area contributed by atoms with Gasteiger partial charge in [0.25, 0.3) is 0 Å². The van der Waals surface area contributed by atoms with Crippen molar-refractivity contribution in [2.24, 2.45) is 0 Å². The molecule has 2 atom stereocenters. The quantitative estimate of drug-likeness (QED) is 0.181. The molecule has 5 heteroatoms. The predicted molar refractivity (Wildman–Crippen MR) is 230 cm³/mol. The van der Waals surface area contributed by atoms with Crippen molar-refractivity contribution in [3.05, 3.63) is 169 Å². The minimum atomic E-state index is -0.0627. The Morgan fingerprint density at radius 2 is 1.39 bits per heavy atom. The number of thioether (sulfide) groups is 1. The molecule has 7 aromatic carbocycles. The van der Waals surface area contributed by atoms with Crippen LogP contribution in [0.1, 0.15) is 18.4 Å². The minimum Gasteiger partial charge on any atom is -0.278 e. The van der Waals surface area contributed by atoms with Crippen LogP contribution in [0.2, 0.25) is 0 Å². The van der Waals surface area contributed by atoms with Crippen molar-refractivity contribution in [1.29, 1.82) is 0 Å². The van der Waals surface area contributed by atoms with E-state index in [2.05, 4.69) is 176 Å². The van der Waals surface area contributed by atoms with E-state index in [1.54, 1.807) is 0 Å². The van der Waals surface area contributed by atoms with Gasteiger partial charge in [0.05, 0.1) is 22.6 Å². The SMILES string of the molecule is CC12C=CC=CC1c1c(cc3c4c(cc(-c5ccccc5)cc14)-c1ccccc1N3c1nc(-c3cccc4c3sc3ccccc34)c3ccccc3n1)S2. The second-order valence-corrected chi connectivity index (χ2v) is 17.2. The van der Waals surface area contributed by atoms with Crippen molar-refractivity contribution in [3.8, 4) is 33.5 Å². The van der Waals surface area contributed by atoms with E-state index in [1.807, 2.05) is 23.1 Å². The topological polar surface area (TPSA) is 29.0 Å². The number of fused-ring (bicyclic) bond motifs is 10. The third-order valence-corrected chi connectivity index (χ3v) is 14.2. The van der Waals surface area contributed by atoms with E-state index >= 15 is 0 Å². The van der Waals surface area contributed by atoms with Gasteiger partial charge in [0.2, 0.25) is 5.95 Å². The molecule has 0 radical (unpaired) electrons. The zero-order valence-corrected chi connectivity index (χ0v) is 31.0. The number of aromatic nitrogens is 2. The lowest BCUT2D eigenvalue weighted by atomic mass is 9.79. The van der Waals surface area contributed by atoms with Gasteiger partial charge >= 0.3 is 0 Å². The molecule has 0 saturated heterocycles. The monoisotopic (exact) mass is 725 g/mol. The summed E-state index contributed by atoms with van der Waals surface area (Å²) in [5.74, 6) is 0.950. The van der Waals surface area contributed by atoms with Crippen molar-refractivity contribution >= 4 is 82.3 Å². The van der Waals surface area contributed by atoms with Gasteiger partial charge in [-0.1, -0.05) is 127 Å². The number of hydrogen-bond donors (Lipinski definition) is 0. The van der Waals surface area contributed by atoms with Crippen molar-refractivity contribution < 1.29 is 0 Å². The van der Waals surface area contributed by atoms with Gasteiger partial charge in [-0.15, -0.1) is 23.1 Å². The van der Waals surface area contributed by atoms with Crippen LogP contribution in [0.3, 0.4) is 0 Å². The third kappa shape index (κ3) is 4.25. The molecule has 0 bridgehead atoms. The molecule has 254 valence electrons. The van der Waals surface area contributed by atoms with Gasteiger partial charge in [0, 0.05) is 57.6 Å². The van der Waals surface area contributed by atoms with Gasteiger partial charge in [-0.05, 0) is 71.0 Å². The second kappa shape index (κ2) is 11.3. The van der Waals surface area contributed by atoms with Crippen LogP contribution in [0.15, 0.2) is 169 Å². The fourth-order valence-corrected chi connectivity index (χ4v) is 11.8. The molecule has 0 spiro atoms. The molecule has 12 rings (SSSR count). The highest BCUT2D eigenvalue weighted by molar-refractivity contribution is 8.01. The Kier molecular flexibility index (Phi) is 6.34. The van der Waals surface area contributed by atoms with Crippen molar-refractivity contribution in [1.82, 2.24) is 9.97 Å². The average molecular weight is 726 g/mol. The molecule has 0 saturated carbocycles. The van der Waals surface area contributed by atoms with Gasteiger partial charge in [0.15, 0.2) is 0 Å². The largest absolute Gasteiger partial charge is 0.278 e. The molecule has 3 nitrogen and oxygen atoms in total. The standard InChI is InChI=1S/C49H31N3S2/c1-49-25-12-11-21-38(49)45-37-27-30(29-14-3-2-4-15-29)26-36-31-16-6-9-23-40(31)52(41(44(36)37)28-43(45)54-49)48-50-39-22-8-5-18-34(39)46(51-48)35-20-13-19-33-32-17-7-10-24-42(32)53-47(33)35/h2-28,38H,1H3. The summed E-state index contributed by atoms with van der Waals surface area (Å²) in [4.78, 5) is 14.7. The first-order valence-electron chi connectivity index (χ1n) is 18.4. The van der Waals surface area contributed by atoms with Gasteiger partial charge in [-0.25, -0.2) is 9.97 Å². The number of thiophene rings is 1. The Bertz CT molecular complexity index is 3120. The summed E-state index contributed by atoms with van der Waals surface area (Å²) in [7, 11) is 0. The van der Waals surface area contributed by atoms with Crippen molar-refractivity contribution in [2.75, 3.05) is 4.90 Å². The van der Waals surface area contributed by atoms with Crippen LogP contribution >= 0.6 is 23.1 Å². The van der Waals surface area contributed by atoms with Crippen LogP contribution in [-0.4, -0.2) is 14.7 Å². The molecule has 54 heavy (non-hydrogen) atoms. The second-order valence-electron chi connectivity index (χ2n) is 14.6. The Labute approximate surface area is 321 Å². The maximum absolute atomic E-state index is 5.61. The number of hydrogen-bond acceptors (Lipinski definition) is 5. The summed E-state index contributed by atoms with van der Waals surface area (Å²) in [6.07, 6.45) is 9.22. The molecule has 2 aromatic heterocycles. The molecule has 0 N–H and O–H groups in total. The van der Waals surface area contributed by atoms with Crippen LogP contribution in [0.5, 0.6) is 0 Å². The normalized spacial score (nSPS) is 18.1. The number of allylic oxidation sites excluding steroid dienone is 3. The van der Waals surface area contributed by atoms with Crippen LogP contribution in [0, 0.1) is 0 Å². The van der Waals surface area contributed by atoms with Crippen LogP contribution < -0.4 is 4.90 Å². The van der Waals surface area contributed by atoms with E-state index in [0.29, 0.717) is 5.95 Å². The highest BCUT2D eigenvalue weighted by Crippen LogP contribution is 2.62. The summed E-state index contributed by atoms with van der Waals surface area (Å²) in [6, 6.07) is 50.7. The van der Waals surface area contributed by atoms with Crippen LogP contribution in [0.25, 0.3) is 75.4 Å². The smallest absolute Gasteiger partial charge is 0.235 e. The third-order valence-electron chi connectivity index (χ3n) is 11.6. The zero-order chi connectivity index (χ0) is 35.5. The van der Waals surface area contributed by atoms with E-state index < -0.39 is 0 Å². The molecule has 0 amide bonds. The van der Waals surface area contributed by atoms with E-state index in [4.69, 9.17) is 9.97 Å². The lowest BCUT2D eigenvalue weighted by molar-refractivity contribution is 0.706. The molecule has 4 heterocycles. The summed E-state index contributed by atoms with van der Waals surface area (Å²) in [6.45, 7) is 2.38. The van der Waals surface area contributed by atoms with E-state index in [0.717, 1.165) is 33.5 Å². The highest BCUT2D eigenvalue weighted by Gasteiger charge is 2.44. The Morgan fingerprint density at radius 1 is 0.611 bits per heavy atom. The Hall–Kier alpha value is -6.01. The molecule has 9 aromatic rings. The lowest BCUT2D eigenvalue weighted by Crippen LogP contribution is -2.22. The Balaban J connectivity index is 1.17. The first-order chi connectivity index (χ1) is 26.6. The van der Waals surface area contributed by atoms with Crippen LogP contribution in [-0.2, 0) is 0 Å². The maximum Gasteiger partial charge on any atom is 0.235 e. The molecule has 1 aliphatic carbocycles. The molecule has 3 aliphatic rings. The lowest BCUT2D eigenvalue weighted by Gasteiger charge is -2.33. The van der Waals surface area contributed by atoms with Crippen LogP contribution in [0.4, 0.5) is 17.3 Å². The van der Waals surface area contributed by atoms with Gasteiger partial charge in [0.1, 0.15) is 0 Å². The van der Waals surface area contributed by atoms with E-state index in [-0.39, 0.29) is 10.7 Å². The minimum absolute atomic E-state index is 0.0627. The maximum atomic E-state index is 5.61. The number of para-hydroxylation sites is 2. The number of benzene rings is 7. The predicted octanol–water partition coefficient (Wildman–Crippen LogP) is 14.0.